The number of hydrogen-bond donors (Lipinski definition) is 0. The van der Waals surface area contributed by atoms with Crippen molar-refractivity contribution in [1.29, 1.82) is 0 Å². The van der Waals surface area contributed by atoms with Gasteiger partial charge in [-0.15, -0.1) is 0 Å². The summed E-state index contributed by atoms with van der Waals surface area (Å²) in [6.45, 7) is 0. The van der Waals surface area contributed by atoms with E-state index in [4.69, 9.17) is 11.0 Å². The summed E-state index contributed by atoms with van der Waals surface area (Å²) in [4.78, 5) is 0. The minimum Gasteiger partial charge on any atom is -0.0622 e. The molecule has 0 radical (unpaired) electrons. The van der Waals surface area contributed by atoms with E-state index in [2.05, 4.69) is 0 Å². The van der Waals surface area contributed by atoms with Crippen LogP contribution < -0.4 is 0 Å². The van der Waals surface area contributed by atoms with Crippen molar-refractivity contribution in [2.45, 2.75) is 0 Å². The van der Waals surface area contributed by atoms with E-state index in [1.165, 1.54) is 0 Å². The Morgan fingerprint density at radius 2 is 1.00 bits per heavy atom. The van der Waals surface area contributed by atoms with E-state index < -0.39 is 0 Å². The second-order valence-corrected chi connectivity index (χ2v) is 2.12. The number of hydrogen-bond acceptors (Lipinski definition) is 0. The average molecular weight is 162 g/mol. The predicted molar refractivity (Wildman–Crippen MR) is 51.9 cm³/mol. The molecule has 0 aliphatic carbocycles. The van der Waals surface area contributed by atoms with Gasteiger partial charge in [0.05, 0.1) is 11.0 Å². The van der Waals surface area contributed by atoms with Crippen LogP contribution in [0.1, 0.15) is 11.0 Å². The zero-order chi connectivity index (χ0) is 15.2. The molecule has 58 valence electrons. The third-order valence-electron chi connectivity index (χ3n) is 1.33. The topological polar surface area (TPSA) is 0 Å². The summed E-state index contributed by atoms with van der Waals surface area (Å²) in [6, 6.07) is -0.569. The molecule has 0 heterocycles. The molecular formula is C12H10. The zero-order valence-corrected chi connectivity index (χ0v) is 6.15. The molecule has 0 spiro atoms. The molecule has 0 N–H and O–H groups in total. The molecular weight excluding hydrogens is 144 g/mol. The maximum absolute atomic E-state index is 7.82. The highest BCUT2D eigenvalue weighted by molar-refractivity contribution is 5.62. The number of benzene rings is 2. The Kier molecular flexibility index (Phi) is 0.662. The van der Waals surface area contributed by atoms with Gasteiger partial charge in [0.15, 0.2) is 0 Å². The summed E-state index contributed by atoms with van der Waals surface area (Å²) in [7, 11) is 0. The maximum Gasteiger partial charge on any atom is 0.0629 e. The number of rotatable bonds is 1. The van der Waals surface area contributed by atoms with Crippen molar-refractivity contribution in [2.75, 3.05) is 0 Å². The molecule has 0 unspecified atom stereocenters. The van der Waals surface area contributed by atoms with Crippen LogP contribution in [0.15, 0.2) is 60.5 Å². The maximum atomic E-state index is 7.82. The highest BCUT2D eigenvalue weighted by atomic mass is 14.0. The lowest BCUT2D eigenvalue weighted by Gasteiger charge is -1.98. The van der Waals surface area contributed by atoms with Crippen LogP contribution in [0.4, 0.5) is 0 Å². The lowest BCUT2D eigenvalue weighted by Crippen LogP contribution is -1.73. The van der Waals surface area contributed by atoms with Crippen molar-refractivity contribution >= 4 is 0 Å². The summed E-state index contributed by atoms with van der Waals surface area (Å²) in [6.07, 6.45) is 0. The Bertz CT molecular complexity index is 594. The summed E-state index contributed by atoms with van der Waals surface area (Å²) < 4.78 is 61.7. The Balaban J connectivity index is 2.96. The Labute approximate surface area is 83.7 Å². The highest BCUT2D eigenvalue weighted by Gasteiger charge is 1.91. The van der Waals surface area contributed by atoms with Crippen LogP contribution in [0.25, 0.3) is 11.1 Å². The van der Waals surface area contributed by atoms with Crippen LogP contribution in [0.2, 0.25) is 0 Å². The fourth-order valence-electron chi connectivity index (χ4n) is 0.818. The first kappa shape index (κ1) is 2.46. The largest absolute Gasteiger partial charge is 0.0629 e. The molecule has 0 aliphatic rings. The van der Waals surface area contributed by atoms with Crippen LogP contribution in [-0.2, 0) is 0 Å². The van der Waals surface area contributed by atoms with E-state index in [0.717, 1.165) is 12.1 Å². The molecule has 0 nitrogen and oxygen atoms in total. The normalized spacial score (nSPS) is 19.0. The third kappa shape index (κ3) is 1.37. The lowest BCUT2D eigenvalue weighted by molar-refractivity contribution is 1.62. The summed E-state index contributed by atoms with van der Waals surface area (Å²) in [5.74, 6) is 0. The van der Waals surface area contributed by atoms with Gasteiger partial charge in [0.2, 0.25) is 0 Å². The van der Waals surface area contributed by atoms with Crippen LogP contribution in [0.5, 0.6) is 0 Å². The van der Waals surface area contributed by atoms with E-state index in [1.54, 1.807) is 0 Å². The molecule has 0 aromatic heterocycles. The van der Waals surface area contributed by atoms with E-state index in [-0.39, 0.29) is 59.5 Å². The van der Waals surface area contributed by atoms with Crippen LogP contribution in [0, 0.1) is 0 Å². The van der Waals surface area contributed by atoms with Gasteiger partial charge in [-0.3, -0.25) is 0 Å². The van der Waals surface area contributed by atoms with Crippen molar-refractivity contribution in [2.24, 2.45) is 0 Å². The second-order valence-electron chi connectivity index (χ2n) is 2.12. The zero-order valence-electron chi connectivity index (χ0n) is 14.2. The van der Waals surface area contributed by atoms with Gasteiger partial charge in [-0.1, -0.05) is 60.5 Å². The van der Waals surface area contributed by atoms with E-state index in [9.17, 15) is 0 Å². The molecule has 0 saturated heterocycles. The molecule has 0 atom stereocenters. The molecule has 2 aromatic rings. The Morgan fingerprint density at radius 1 is 0.667 bits per heavy atom. The minimum atomic E-state index is -0.377. The summed E-state index contributed by atoms with van der Waals surface area (Å²) >= 11 is 0. The van der Waals surface area contributed by atoms with Gasteiger partial charge in [0.1, 0.15) is 0 Å². The van der Waals surface area contributed by atoms with Crippen LogP contribution >= 0.6 is 0 Å². The highest BCUT2D eigenvalue weighted by Crippen LogP contribution is 2.17. The fraction of sp³-hybridized carbons (Fsp3) is 0. The lowest BCUT2D eigenvalue weighted by atomic mass is 10.1. The first-order chi connectivity index (χ1) is 9.25. The Hall–Kier alpha value is -1.56. The molecule has 12 heavy (non-hydrogen) atoms. The standard InChI is InChI=1S/C12H10/c1-3-7-11(8-4-1)12-9-5-2-6-10-12/h1-10H/i3D,4D,5D,6D,7D,8D,9D,10D. The Morgan fingerprint density at radius 3 is 1.33 bits per heavy atom. The monoisotopic (exact) mass is 162 g/mol. The molecule has 0 fully saturated rings. The molecule has 0 heteroatoms. The third-order valence-corrected chi connectivity index (χ3v) is 1.33. The second kappa shape index (κ2) is 3.22. The van der Waals surface area contributed by atoms with Gasteiger partial charge in [-0.05, 0) is 11.1 Å². The molecule has 0 aliphatic heterocycles. The predicted octanol–water partition coefficient (Wildman–Crippen LogP) is 3.35. The smallest absolute Gasteiger partial charge is 0.0622 e. The first-order valence-electron chi connectivity index (χ1n) is 7.40. The summed E-state index contributed by atoms with van der Waals surface area (Å²) in [5, 5.41) is 0. The van der Waals surface area contributed by atoms with Crippen molar-refractivity contribution in [3.8, 4) is 11.1 Å². The molecule has 0 saturated carbocycles. The van der Waals surface area contributed by atoms with Crippen molar-refractivity contribution in [3.63, 3.8) is 0 Å². The van der Waals surface area contributed by atoms with Gasteiger partial charge < -0.3 is 0 Å². The molecule has 0 amide bonds. The van der Waals surface area contributed by atoms with Gasteiger partial charge in [-0.25, -0.2) is 0 Å². The van der Waals surface area contributed by atoms with Gasteiger partial charge in [0.25, 0.3) is 0 Å². The van der Waals surface area contributed by atoms with Crippen LogP contribution in [-0.4, -0.2) is 0 Å². The van der Waals surface area contributed by atoms with Crippen molar-refractivity contribution < 1.29 is 11.0 Å². The quantitative estimate of drug-likeness (QED) is 0.603. The summed E-state index contributed by atoms with van der Waals surface area (Å²) in [5.41, 5.74) is -0.416. The van der Waals surface area contributed by atoms with Gasteiger partial charge in [0, 0.05) is 0 Å². The van der Waals surface area contributed by atoms with E-state index in [0.29, 0.717) is 0 Å². The SMILES string of the molecule is [2H]c1cc([2H])c([2H])c(-c2c([2H])c([2H])cc([2H])c2[2H])c1[2H]. The van der Waals surface area contributed by atoms with E-state index in [1.807, 2.05) is 0 Å². The fourth-order valence-corrected chi connectivity index (χ4v) is 0.818. The molecule has 2 aromatic carbocycles. The molecule has 2 rings (SSSR count). The first-order valence-corrected chi connectivity index (χ1v) is 3.40. The molecule has 0 bridgehead atoms. The van der Waals surface area contributed by atoms with E-state index >= 15 is 0 Å². The van der Waals surface area contributed by atoms with Crippen molar-refractivity contribution in [3.05, 3.63) is 60.5 Å². The van der Waals surface area contributed by atoms with Crippen molar-refractivity contribution in [1.82, 2.24) is 0 Å². The van der Waals surface area contributed by atoms with Crippen LogP contribution in [0.3, 0.4) is 0 Å². The minimum absolute atomic E-state index is 0.208. The average Bonchev–Trinajstić information content (AvgIpc) is 2.38. The van der Waals surface area contributed by atoms with Gasteiger partial charge in [-0.2, -0.15) is 0 Å². The van der Waals surface area contributed by atoms with Gasteiger partial charge >= 0.3 is 0 Å².